The molecule has 1 saturated heterocycles. The first-order valence-electron chi connectivity index (χ1n) is 6.50. The van der Waals surface area contributed by atoms with Gasteiger partial charge < -0.3 is 4.90 Å². The number of aromatic nitrogens is 1. The number of carbonyl (C=O) groups is 1. The summed E-state index contributed by atoms with van der Waals surface area (Å²) in [6.45, 7) is 3.16. The molecule has 1 unspecified atom stereocenters. The zero-order chi connectivity index (χ0) is 14.8. The molecule has 0 bridgehead atoms. The molecule has 1 aromatic rings. The van der Waals surface area contributed by atoms with Crippen LogP contribution in [0.2, 0.25) is 0 Å². The average Bonchev–Trinajstić information content (AvgIpc) is 2.82. The number of amides is 1. The van der Waals surface area contributed by atoms with Crippen LogP contribution in [0.3, 0.4) is 0 Å². The monoisotopic (exact) mass is 317 g/mol. The number of nitrogens with zero attached hydrogens (tertiary/aromatic N) is 2. The van der Waals surface area contributed by atoms with Gasteiger partial charge in [-0.1, -0.05) is 0 Å². The molecule has 0 aromatic carbocycles. The van der Waals surface area contributed by atoms with Gasteiger partial charge in [-0.05, 0) is 19.8 Å². The minimum Gasteiger partial charge on any atom is -0.341 e. The highest BCUT2D eigenvalue weighted by Crippen LogP contribution is 2.29. The lowest BCUT2D eigenvalue weighted by atomic mass is 9.99. The summed E-state index contributed by atoms with van der Waals surface area (Å²) in [5.74, 6) is 0.0954. The Kier molecular flexibility index (Phi) is 4.77. The Balaban J connectivity index is 1.94. The number of aryl methyl sites for hydroxylation is 1. The first-order valence-corrected chi connectivity index (χ1v) is 9.20. The molecule has 112 valence electrons. The maximum Gasteiger partial charge on any atom is 0.237 e. The highest BCUT2D eigenvalue weighted by molar-refractivity contribution is 7.88. The number of likely N-dealkylation sites (tertiary alicyclic amines) is 1. The molecule has 1 atom stereocenters. The van der Waals surface area contributed by atoms with Crippen LogP contribution in [-0.4, -0.2) is 50.1 Å². The van der Waals surface area contributed by atoms with Gasteiger partial charge in [0.25, 0.3) is 0 Å². The number of hydrogen-bond acceptors (Lipinski definition) is 5. The van der Waals surface area contributed by atoms with Crippen LogP contribution in [0.4, 0.5) is 0 Å². The Labute approximate surface area is 123 Å². The van der Waals surface area contributed by atoms with E-state index >= 15 is 0 Å². The van der Waals surface area contributed by atoms with Gasteiger partial charge in [0.15, 0.2) is 0 Å². The fraction of sp³-hybridized carbons (Fsp3) is 0.667. The molecule has 0 spiro atoms. The quantitative estimate of drug-likeness (QED) is 0.887. The van der Waals surface area contributed by atoms with Gasteiger partial charge in [-0.25, -0.2) is 18.1 Å². The maximum absolute atomic E-state index is 12.0. The smallest absolute Gasteiger partial charge is 0.237 e. The third-order valence-corrected chi connectivity index (χ3v) is 4.99. The van der Waals surface area contributed by atoms with E-state index < -0.39 is 10.0 Å². The summed E-state index contributed by atoms with van der Waals surface area (Å²) in [7, 11) is -3.33. The number of nitrogens with one attached hydrogen (secondary N) is 1. The predicted octanol–water partition coefficient (Wildman–Crippen LogP) is 0.707. The van der Waals surface area contributed by atoms with E-state index in [1.165, 1.54) is 4.88 Å². The van der Waals surface area contributed by atoms with Crippen LogP contribution in [-0.2, 0) is 14.8 Å². The number of carbonyl (C=O) groups excluding carboxylic acids is 1. The molecule has 2 rings (SSSR count). The lowest BCUT2D eigenvalue weighted by Gasteiger charge is -2.31. The van der Waals surface area contributed by atoms with Gasteiger partial charge in [0.05, 0.1) is 17.8 Å². The number of thiazole rings is 1. The van der Waals surface area contributed by atoms with Crippen LogP contribution < -0.4 is 4.72 Å². The van der Waals surface area contributed by atoms with Crippen molar-refractivity contribution in [1.29, 1.82) is 0 Å². The zero-order valence-corrected chi connectivity index (χ0v) is 13.3. The van der Waals surface area contributed by atoms with E-state index in [1.807, 2.05) is 13.1 Å². The normalized spacial score (nSPS) is 20.1. The van der Waals surface area contributed by atoms with E-state index in [2.05, 4.69) is 9.71 Å². The Morgan fingerprint density at radius 2 is 2.35 bits per heavy atom. The summed E-state index contributed by atoms with van der Waals surface area (Å²) >= 11 is 1.67. The highest BCUT2D eigenvalue weighted by atomic mass is 32.2. The molecular weight excluding hydrogens is 298 g/mol. The molecule has 0 saturated carbocycles. The van der Waals surface area contributed by atoms with Crippen molar-refractivity contribution in [1.82, 2.24) is 14.6 Å². The van der Waals surface area contributed by atoms with Crippen molar-refractivity contribution in [2.75, 3.05) is 25.9 Å². The molecule has 1 aliphatic heterocycles. The van der Waals surface area contributed by atoms with Crippen LogP contribution in [0.15, 0.2) is 6.20 Å². The molecule has 1 amide bonds. The van der Waals surface area contributed by atoms with Gasteiger partial charge in [0.2, 0.25) is 15.9 Å². The minimum atomic E-state index is -3.33. The van der Waals surface area contributed by atoms with E-state index in [0.29, 0.717) is 13.1 Å². The van der Waals surface area contributed by atoms with Gasteiger partial charge in [-0.2, -0.15) is 0 Å². The second-order valence-electron chi connectivity index (χ2n) is 5.08. The van der Waals surface area contributed by atoms with Gasteiger partial charge in [-0.15, -0.1) is 11.3 Å². The van der Waals surface area contributed by atoms with Crippen LogP contribution in [0.5, 0.6) is 0 Å². The average molecular weight is 317 g/mol. The third-order valence-electron chi connectivity index (χ3n) is 3.25. The zero-order valence-electron chi connectivity index (χ0n) is 11.6. The van der Waals surface area contributed by atoms with Gasteiger partial charge in [0, 0.05) is 30.1 Å². The second kappa shape index (κ2) is 6.19. The molecule has 8 heteroatoms. The molecule has 0 aliphatic carbocycles. The number of piperidine rings is 1. The molecule has 2 heterocycles. The first-order chi connectivity index (χ1) is 9.35. The maximum atomic E-state index is 12.0. The minimum absolute atomic E-state index is 0.164. The first kappa shape index (κ1) is 15.4. The third kappa shape index (κ3) is 4.26. The predicted molar refractivity (Wildman–Crippen MR) is 78.3 cm³/mol. The largest absolute Gasteiger partial charge is 0.341 e. The summed E-state index contributed by atoms with van der Waals surface area (Å²) < 4.78 is 24.3. The fourth-order valence-corrected chi connectivity index (χ4v) is 3.56. The van der Waals surface area contributed by atoms with Crippen molar-refractivity contribution in [2.45, 2.75) is 25.7 Å². The Morgan fingerprint density at radius 1 is 1.60 bits per heavy atom. The van der Waals surface area contributed by atoms with E-state index in [-0.39, 0.29) is 18.4 Å². The molecule has 1 fully saturated rings. The van der Waals surface area contributed by atoms with E-state index in [4.69, 9.17) is 0 Å². The van der Waals surface area contributed by atoms with Gasteiger partial charge in [0.1, 0.15) is 0 Å². The number of sulfonamides is 1. The van der Waals surface area contributed by atoms with Crippen molar-refractivity contribution in [3.8, 4) is 0 Å². The Morgan fingerprint density at radius 3 is 2.95 bits per heavy atom. The molecule has 0 radical (unpaired) electrons. The molecular formula is C12H19N3O3S2. The fourth-order valence-electron chi connectivity index (χ4n) is 2.27. The molecule has 6 nitrogen and oxygen atoms in total. The van der Waals surface area contributed by atoms with Crippen molar-refractivity contribution >= 4 is 27.3 Å². The number of hydrogen-bond donors (Lipinski definition) is 1. The summed E-state index contributed by atoms with van der Waals surface area (Å²) in [5.41, 5.74) is 0. The molecule has 1 aromatic heterocycles. The lowest BCUT2D eigenvalue weighted by molar-refractivity contribution is -0.131. The van der Waals surface area contributed by atoms with Gasteiger partial charge in [-0.3, -0.25) is 4.79 Å². The van der Waals surface area contributed by atoms with Crippen LogP contribution in [0.1, 0.15) is 28.6 Å². The summed E-state index contributed by atoms with van der Waals surface area (Å²) in [6, 6.07) is 0. The lowest BCUT2D eigenvalue weighted by Crippen LogP contribution is -2.44. The molecule has 20 heavy (non-hydrogen) atoms. The van der Waals surface area contributed by atoms with Crippen LogP contribution in [0, 0.1) is 6.92 Å². The van der Waals surface area contributed by atoms with Crippen molar-refractivity contribution in [3.63, 3.8) is 0 Å². The highest BCUT2D eigenvalue weighted by Gasteiger charge is 2.26. The molecule has 1 aliphatic rings. The van der Waals surface area contributed by atoms with E-state index in [0.717, 1.165) is 24.1 Å². The molecule has 1 N–H and O–H groups in total. The van der Waals surface area contributed by atoms with Gasteiger partial charge >= 0.3 is 0 Å². The Bertz CT molecular complexity index is 583. The summed E-state index contributed by atoms with van der Waals surface area (Å²) in [4.78, 5) is 19.3. The van der Waals surface area contributed by atoms with Crippen LogP contribution in [0.25, 0.3) is 0 Å². The van der Waals surface area contributed by atoms with E-state index in [1.54, 1.807) is 16.2 Å². The topological polar surface area (TPSA) is 79.4 Å². The SMILES string of the molecule is Cc1cnc(C2CCCN(C(=O)CNS(C)(=O)=O)C2)s1. The van der Waals surface area contributed by atoms with E-state index in [9.17, 15) is 13.2 Å². The van der Waals surface area contributed by atoms with Crippen molar-refractivity contribution in [3.05, 3.63) is 16.1 Å². The standard InChI is InChI=1S/C12H19N3O3S2/c1-9-6-13-12(19-9)10-4-3-5-15(8-10)11(16)7-14-20(2,17)18/h6,10,14H,3-5,7-8H2,1-2H3. The van der Waals surface area contributed by atoms with Crippen LogP contribution >= 0.6 is 11.3 Å². The van der Waals surface area contributed by atoms with Crippen molar-refractivity contribution < 1.29 is 13.2 Å². The van der Waals surface area contributed by atoms with Crippen molar-refractivity contribution in [2.24, 2.45) is 0 Å². The summed E-state index contributed by atoms with van der Waals surface area (Å²) in [6.07, 6.45) is 4.85. The second-order valence-corrected chi connectivity index (χ2v) is 8.18. The summed E-state index contributed by atoms with van der Waals surface area (Å²) in [5, 5.41) is 1.07. The number of rotatable bonds is 4. The Hall–Kier alpha value is -0.990.